The van der Waals surface area contributed by atoms with Crippen LogP contribution in [-0.4, -0.2) is 11.5 Å². The summed E-state index contributed by atoms with van der Waals surface area (Å²) in [5, 5.41) is 3.48. The Bertz CT molecular complexity index is 479. The van der Waals surface area contributed by atoms with Crippen LogP contribution in [0.25, 0.3) is 0 Å². The zero-order chi connectivity index (χ0) is 12.8. The molecule has 0 fully saturated rings. The van der Waals surface area contributed by atoms with E-state index in [1.165, 1.54) is 16.7 Å². The molecule has 1 atom stereocenters. The highest BCUT2D eigenvalue weighted by Gasteiger charge is 2.09. The van der Waals surface area contributed by atoms with Gasteiger partial charge in [-0.2, -0.15) is 0 Å². The van der Waals surface area contributed by atoms with Crippen LogP contribution in [0.3, 0.4) is 0 Å². The first-order chi connectivity index (χ1) is 8.81. The Morgan fingerprint density at radius 3 is 2.56 bits per heavy atom. The molecule has 18 heavy (non-hydrogen) atoms. The lowest BCUT2D eigenvalue weighted by Gasteiger charge is -2.17. The predicted molar refractivity (Wildman–Crippen MR) is 75.6 cm³/mol. The van der Waals surface area contributed by atoms with Crippen molar-refractivity contribution in [3.63, 3.8) is 0 Å². The van der Waals surface area contributed by atoms with Crippen LogP contribution in [0.1, 0.15) is 36.6 Å². The normalized spacial score (nSPS) is 12.3. The van der Waals surface area contributed by atoms with Gasteiger partial charge in [-0.15, -0.1) is 0 Å². The molecule has 0 amide bonds. The Morgan fingerprint density at radius 2 is 1.83 bits per heavy atom. The summed E-state index contributed by atoms with van der Waals surface area (Å²) in [5.74, 6) is 0. The van der Waals surface area contributed by atoms with E-state index in [4.69, 9.17) is 0 Å². The molecule has 0 bridgehead atoms. The molecule has 0 aliphatic rings. The highest BCUT2D eigenvalue weighted by atomic mass is 14.9. The second kappa shape index (κ2) is 6.31. The van der Waals surface area contributed by atoms with Crippen molar-refractivity contribution in [2.45, 2.75) is 26.3 Å². The molecule has 2 heteroatoms. The lowest BCUT2D eigenvalue weighted by Crippen LogP contribution is -2.19. The molecule has 1 unspecified atom stereocenters. The topological polar surface area (TPSA) is 24.9 Å². The summed E-state index contributed by atoms with van der Waals surface area (Å²) in [6.45, 7) is 5.35. The van der Waals surface area contributed by atoms with Crippen LogP contribution >= 0.6 is 0 Å². The lowest BCUT2D eigenvalue weighted by molar-refractivity contribution is 0.594. The maximum atomic E-state index is 4.06. The van der Waals surface area contributed by atoms with Crippen LogP contribution in [0.5, 0.6) is 0 Å². The first-order valence-electron chi connectivity index (χ1n) is 6.51. The molecule has 0 saturated carbocycles. The van der Waals surface area contributed by atoms with Gasteiger partial charge in [-0.1, -0.05) is 31.2 Å². The Hall–Kier alpha value is -1.67. The molecule has 0 aliphatic carbocycles. The average molecular weight is 240 g/mol. The molecule has 1 aromatic heterocycles. The van der Waals surface area contributed by atoms with E-state index in [1.807, 2.05) is 12.4 Å². The summed E-state index contributed by atoms with van der Waals surface area (Å²) >= 11 is 0. The fraction of sp³-hybridized carbons (Fsp3) is 0.312. The van der Waals surface area contributed by atoms with Crippen molar-refractivity contribution < 1.29 is 0 Å². The van der Waals surface area contributed by atoms with E-state index in [0.717, 1.165) is 13.0 Å². The average Bonchev–Trinajstić information content (AvgIpc) is 2.41. The van der Waals surface area contributed by atoms with Gasteiger partial charge in [0.05, 0.1) is 0 Å². The molecule has 1 heterocycles. The molecule has 0 spiro atoms. The summed E-state index contributed by atoms with van der Waals surface area (Å²) in [5.41, 5.74) is 4.08. The fourth-order valence-corrected chi connectivity index (χ4v) is 2.25. The number of hydrogen-bond acceptors (Lipinski definition) is 2. The summed E-state index contributed by atoms with van der Waals surface area (Å²) in [6.07, 6.45) is 4.67. The van der Waals surface area contributed by atoms with Gasteiger partial charge in [0.1, 0.15) is 0 Å². The molecule has 2 nitrogen and oxygen atoms in total. The van der Waals surface area contributed by atoms with Crippen molar-refractivity contribution in [2.24, 2.45) is 0 Å². The fourth-order valence-electron chi connectivity index (χ4n) is 2.25. The number of hydrogen-bond donors (Lipinski definition) is 1. The molecule has 0 radical (unpaired) electrons. The van der Waals surface area contributed by atoms with Crippen molar-refractivity contribution in [3.8, 4) is 0 Å². The van der Waals surface area contributed by atoms with Gasteiger partial charge < -0.3 is 5.32 Å². The van der Waals surface area contributed by atoms with Gasteiger partial charge in [0, 0.05) is 18.4 Å². The smallest absolute Gasteiger partial charge is 0.0294 e. The predicted octanol–water partition coefficient (Wildman–Crippen LogP) is 3.34. The molecular formula is C16H20N2. The molecule has 2 aromatic rings. The third kappa shape index (κ3) is 3.17. The van der Waals surface area contributed by atoms with Gasteiger partial charge in [-0.05, 0) is 48.7 Å². The first-order valence-corrected chi connectivity index (χ1v) is 6.51. The lowest BCUT2D eigenvalue weighted by atomic mass is 9.96. The number of aromatic nitrogens is 1. The Kier molecular flexibility index (Phi) is 4.48. The SMILES string of the molecule is CCNC(C)c1ccccc1Cc1ccncc1. The molecule has 0 aliphatic heterocycles. The van der Waals surface area contributed by atoms with E-state index in [9.17, 15) is 0 Å². The van der Waals surface area contributed by atoms with Crippen molar-refractivity contribution in [1.29, 1.82) is 0 Å². The summed E-state index contributed by atoms with van der Waals surface area (Å²) in [6, 6.07) is 13.2. The summed E-state index contributed by atoms with van der Waals surface area (Å²) in [4.78, 5) is 4.06. The number of rotatable bonds is 5. The number of benzene rings is 1. The van der Waals surface area contributed by atoms with Gasteiger partial charge in [0.25, 0.3) is 0 Å². The second-order valence-electron chi connectivity index (χ2n) is 4.51. The van der Waals surface area contributed by atoms with Crippen LogP contribution in [-0.2, 0) is 6.42 Å². The van der Waals surface area contributed by atoms with Crippen LogP contribution in [0, 0.1) is 0 Å². The Morgan fingerprint density at radius 1 is 1.11 bits per heavy atom. The minimum Gasteiger partial charge on any atom is -0.310 e. The minimum absolute atomic E-state index is 0.396. The van der Waals surface area contributed by atoms with Crippen LogP contribution < -0.4 is 5.32 Å². The monoisotopic (exact) mass is 240 g/mol. The standard InChI is InChI=1S/C16H20N2/c1-3-18-13(2)16-7-5-4-6-15(16)12-14-8-10-17-11-9-14/h4-11,13,18H,3,12H2,1-2H3. The largest absolute Gasteiger partial charge is 0.310 e. The highest BCUT2D eigenvalue weighted by molar-refractivity contribution is 5.34. The molecule has 94 valence electrons. The summed E-state index contributed by atoms with van der Waals surface area (Å²) in [7, 11) is 0. The summed E-state index contributed by atoms with van der Waals surface area (Å²) < 4.78 is 0. The molecular weight excluding hydrogens is 220 g/mol. The van der Waals surface area contributed by atoms with Gasteiger partial charge >= 0.3 is 0 Å². The van der Waals surface area contributed by atoms with Crippen LogP contribution in [0.2, 0.25) is 0 Å². The van der Waals surface area contributed by atoms with Gasteiger partial charge in [0.2, 0.25) is 0 Å². The third-order valence-corrected chi connectivity index (χ3v) is 3.18. The number of pyridine rings is 1. The van der Waals surface area contributed by atoms with E-state index in [-0.39, 0.29) is 0 Å². The van der Waals surface area contributed by atoms with E-state index >= 15 is 0 Å². The molecule has 1 N–H and O–H groups in total. The minimum atomic E-state index is 0.396. The third-order valence-electron chi connectivity index (χ3n) is 3.18. The Balaban J connectivity index is 2.22. The van der Waals surface area contributed by atoms with Crippen LogP contribution in [0.15, 0.2) is 48.8 Å². The molecule has 1 aromatic carbocycles. The molecule has 2 rings (SSSR count). The zero-order valence-corrected chi connectivity index (χ0v) is 11.1. The number of nitrogens with zero attached hydrogens (tertiary/aromatic N) is 1. The van der Waals surface area contributed by atoms with Crippen molar-refractivity contribution in [1.82, 2.24) is 10.3 Å². The van der Waals surface area contributed by atoms with Gasteiger partial charge in [-0.3, -0.25) is 4.98 Å². The highest BCUT2D eigenvalue weighted by Crippen LogP contribution is 2.20. The van der Waals surface area contributed by atoms with Crippen LogP contribution in [0.4, 0.5) is 0 Å². The van der Waals surface area contributed by atoms with Crippen molar-refractivity contribution >= 4 is 0 Å². The second-order valence-corrected chi connectivity index (χ2v) is 4.51. The molecule has 0 saturated heterocycles. The maximum absolute atomic E-state index is 4.06. The van der Waals surface area contributed by atoms with E-state index in [2.05, 4.69) is 60.5 Å². The van der Waals surface area contributed by atoms with E-state index < -0.39 is 0 Å². The maximum Gasteiger partial charge on any atom is 0.0294 e. The number of nitrogens with one attached hydrogen (secondary N) is 1. The van der Waals surface area contributed by atoms with E-state index in [1.54, 1.807) is 0 Å². The van der Waals surface area contributed by atoms with Gasteiger partial charge in [-0.25, -0.2) is 0 Å². The quantitative estimate of drug-likeness (QED) is 0.867. The Labute approximate surface area is 109 Å². The first kappa shape index (κ1) is 12.8. The van der Waals surface area contributed by atoms with Crippen molar-refractivity contribution in [3.05, 3.63) is 65.5 Å². The zero-order valence-electron chi connectivity index (χ0n) is 11.1. The van der Waals surface area contributed by atoms with Gasteiger partial charge in [0.15, 0.2) is 0 Å². The van der Waals surface area contributed by atoms with Crippen molar-refractivity contribution in [2.75, 3.05) is 6.54 Å². The van der Waals surface area contributed by atoms with E-state index in [0.29, 0.717) is 6.04 Å².